The van der Waals surface area contributed by atoms with Crippen molar-refractivity contribution in [2.45, 2.75) is 38.9 Å². The lowest BCUT2D eigenvalue weighted by Gasteiger charge is -2.18. The van der Waals surface area contributed by atoms with E-state index in [0.29, 0.717) is 0 Å². The molecule has 0 saturated carbocycles. The lowest BCUT2D eigenvalue weighted by atomic mass is 10.2. The lowest BCUT2D eigenvalue weighted by molar-refractivity contribution is -0.117. The Balaban J connectivity index is 2.84. The van der Waals surface area contributed by atoms with Crippen LogP contribution in [-0.4, -0.2) is 20.9 Å². The fraction of sp³-hybridized carbons (Fsp3) is 0.500. The van der Waals surface area contributed by atoms with Gasteiger partial charge in [0.15, 0.2) is 0 Å². The monoisotopic (exact) mass is 286 g/mol. The zero-order valence-corrected chi connectivity index (χ0v) is 12.7. The van der Waals surface area contributed by atoms with Crippen LogP contribution in [0.4, 0.5) is 0 Å². The molecule has 0 saturated heterocycles. The van der Waals surface area contributed by atoms with E-state index >= 15 is 0 Å². The third-order valence-corrected chi connectivity index (χ3v) is 4.71. The van der Waals surface area contributed by atoms with Crippen molar-refractivity contribution in [1.29, 1.82) is 0 Å². The number of hydrogen-bond donors (Lipinski definition) is 1. The normalized spacial score (nSPS) is 14.6. The van der Waals surface area contributed by atoms with Crippen molar-refractivity contribution in [2.24, 2.45) is 10.1 Å². The summed E-state index contributed by atoms with van der Waals surface area (Å²) in [5, 5.41) is 1.87. The van der Waals surface area contributed by atoms with Crippen LogP contribution in [0.25, 0.3) is 0 Å². The summed E-state index contributed by atoms with van der Waals surface area (Å²) in [6.45, 7) is 7.47. The van der Waals surface area contributed by atoms with Gasteiger partial charge in [0, 0.05) is 0 Å². The summed E-state index contributed by atoms with van der Waals surface area (Å²) in [7, 11) is 0. The molecule has 0 aliphatic heterocycles. The summed E-state index contributed by atoms with van der Waals surface area (Å²) < 4.78 is 15.7. The van der Waals surface area contributed by atoms with E-state index in [1.165, 1.54) is 11.3 Å². The highest BCUT2D eigenvalue weighted by Gasteiger charge is 2.26. The molecular formula is C12H18N2O2S2. The second kappa shape index (κ2) is 5.86. The predicted molar refractivity (Wildman–Crippen MR) is 77.3 cm³/mol. The maximum absolute atomic E-state index is 11.9. The molecule has 1 aromatic heterocycles. The molecule has 2 N–H and O–H groups in total. The van der Waals surface area contributed by atoms with Crippen molar-refractivity contribution in [3.63, 3.8) is 0 Å². The number of carbonyl (C=O) groups is 1. The van der Waals surface area contributed by atoms with Crippen molar-refractivity contribution in [2.75, 3.05) is 0 Å². The summed E-state index contributed by atoms with van der Waals surface area (Å²) in [6, 6.07) is 1.87. The molecule has 4 nitrogen and oxygen atoms in total. The van der Waals surface area contributed by atoms with Crippen LogP contribution < -0.4 is 5.73 Å². The van der Waals surface area contributed by atoms with Crippen LogP contribution in [-0.2, 0) is 22.6 Å². The Labute approximate surface area is 115 Å². The van der Waals surface area contributed by atoms with Crippen LogP contribution in [0.3, 0.4) is 0 Å². The van der Waals surface area contributed by atoms with Crippen LogP contribution in [0.2, 0.25) is 0 Å². The molecule has 1 amide bonds. The molecule has 1 rings (SSSR count). The van der Waals surface area contributed by atoms with Crippen molar-refractivity contribution in [1.82, 2.24) is 0 Å². The SMILES string of the molecule is C/C(=N\[S+]([O-])C(C)(C)C)c1cc(CC(N)=O)cs1. The second-order valence-electron chi connectivity index (χ2n) is 5.00. The number of rotatable bonds is 4. The highest BCUT2D eigenvalue weighted by molar-refractivity contribution is 7.91. The van der Waals surface area contributed by atoms with Gasteiger partial charge in [0.25, 0.3) is 0 Å². The maximum Gasteiger partial charge on any atom is 0.221 e. The highest BCUT2D eigenvalue weighted by atomic mass is 32.2. The van der Waals surface area contributed by atoms with E-state index in [9.17, 15) is 9.35 Å². The summed E-state index contributed by atoms with van der Waals surface area (Å²) in [5.41, 5.74) is 6.73. The van der Waals surface area contributed by atoms with Crippen molar-refractivity contribution < 1.29 is 9.35 Å². The van der Waals surface area contributed by atoms with Crippen LogP contribution in [0, 0.1) is 0 Å². The van der Waals surface area contributed by atoms with E-state index in [4.69, 9.17) is 5.73 Å². The minimum atomic E-state index is -1.27. The fourth-order valence-corrected chi connectivity index (χ4v) is 2.71. The van der Waals surface area contributed by atoms with Gasteiger partial charge >= 0.3 is 0 Å². The van der Waals surface area contributed by atoms with Gasteiger partial charge in [-0.05, 0) is 44.7 Å². The average Bonchev–Trinajstić information content (AvgIpc) is 2.63. The summed E-state index contributed by atoms with van der Waals surface area (Å²) in [4.78, 5) is 11.7. The standard InChI is InChI=1S/C12H18N2O2S2/c1-8(14-18(16)12(2,3)4)10-5-9(7-17-10)6-11(13)15/h5,7H,6H2,1-4H3,(H2,13,15)/b14-8+. The molecule has 0 spiro atoms. The van der Waals surface area contributed by atoms with E-state index in [0.717, 1.165) is 16.2 Å². The van der Waals surface area contributed by atoms with E-state index in [2.05, 4.69) is 4.40 Å². The Hall–Kier alpha value is -0.850. The molecule has 1 aromatic rings. The smallest absolute Gasteiger partial charge is 0.221 e. The van der Waals surface area contributed by atoms with Crippen LogP contribution in [0.5, 0.6) is 0 Å². The first-order valence-corrected chi connectivity index (χ1v) is 7.52. The first-order valence-electron chi connectivity index (χ1n) is 5.53. The van der Waals surface area contributed by atoms with Gasteiger partial charge in [0.2, 0.25) is 5.91 Å². The number of primary amides is 1. The van der Waals surface area contributed by atoms with Gasteiger partial charge in [-0.15, -0.1) is 11.3 Å². The molecule has 0 radical (unpaired) electrons. The van der Waals surface area contributed by atoms with Crippen LogP contribution in [0.15, 0.2) is 15.8 Å². The Morgan fingerprint density at radius 1 is 1.56 bits per heavy atom. The lowest BCUT2D eigenvalue weighted by Crippen LogP contribution is -2.26. The van der Waals surface area contributed by atoms with Gasteiger partial charge in [-0.25, -0.2) is 0 Å². The van der Waals surface area contributed by atoms with Gasteiger partial charge in [0.1, 0.15) is 21.8 Å². The third kappa shape index (κ3) is 4.44. The number of carbonyl (C=O) groups excluding carboxylic acids is 1. The topological polar surface area (TPSA) is 78.5 Å². The zero-order valence-electron chi connectivity index (χ0n) is 11.0. The summed E-state index contributed by atoms with van der Waals surface area (Å²) in [5.74, 6) is -0.354. The largest absolute Gasteiger partial charge is 0.591 e. The molecule has 0 bridgehead atoms. The third-order valence-electron chi connectivity index (χ3n) is 2.13. The number of thiophene rings is 1. The van der Waals surface area contributed by atoms with Crippen molar-refractivity contribution in [3.05, 3.63) is 21.9 Å². The Kier molecular flexibility index (Phi) is 4.95. The molecular weight excluding hydrogens is 268 g/mol. The van der Waals surface area contributed by atoms with Gasteiger partial charge in [-0.1, -0.05) is 4.40 Å². The predicted octanol–water partition coefficient (Wildman–Crippen LogP) is 2.05. The Bertz CT molecular complexity index is 461. The first kappa shape index (κ1) is 15.2. The molecule has 1 atom stereocenters. The first-order chi connectivity index (χ1) is 8.20. The van der Waals surface area contributed by atoms with Crippen molar-refractivity contribution >= 4 is 34.3 Å². The molecule has 0 aliphatic carbocycles. The number of nitrogens with two attached hydrogens (primary N) is 1. The molecule has 0 aromatic carbocycles. The average molecular weight is 286 g/mol. The van der Waals surface area contributed by atoms with Gasteiger partial charge in [-0.2, -0.15) is 0 Å². The molecule has 18 heavy (non-hydrogen) atoms. The van der Waals surface area contributed by atoms with E-state index in [1.54, 1.807) is 0 Å². The van der Waals surface area contributed by atoms with E-state index in [-0.39, 0.29) is 17.1 Å². The molecule has 1 unspecified atom stereocenters. The number of hydrogen-bond acceptors (Lipinski definition) is 4. The Morgan fingerprint density at radius 3 is 2.67 bits per heavy atom. The quantitative estimate of drug-likeness (QED) is 0.679. The zero-order chi connectivity index (χ0) is 13.9. The number of amides is 1. The minimum Gasteiger partial charge on any atom is -0.591 e. The summed E-state index contributed by atoms with van der Waals surface area (Å²) in [6.07, 6.45) is 0.228. The highest BCUT2D eigenvalue weighted by Crippen LogP contribution is 2.21. The minimum absolute atomic E-state index is 0.228. The molecule has 0 aliphatic rings. The molecule has 0 fully saturated rings. The summed E-state index contributed by atoms with van der Waals surface area (Å²) >= 11 is 0.213. The molecule has 100 valence electrons. The van der Waals surface area contributed by atoms with Gasteiger partial charge in [0.05, 0.1) is 11.3 Å². The molecule has 1 heterocycles. The van der Waals surface area contributed by atoms with Gasteiger partial charge in [-0.3, -0.25) is 4.79 Å². The number of nitrogens with zero attached hydrogens (tertiary/aromatic N) is 1. The van der Waals surface area contributed by atoms with E-state index < -0.39 is 11.4 Å². The van der Waals surface area contributed by atoms with E-state index in [1.807, 2.05) is 39.1 Å². The Morgan fingerprint density at radius 2 is 2.17 bits per heavy atom. The van der Waals surface area contributed by atoms with Gasteiger partial charge < -0.3 is 10.3 Å². The van der Waals surface area contributed by atoms with Crippen LogP contribution in [0.1, 0.15) is 38.1 Å². The van der Waals surface area contributed by atoms with Crippen LogP contribution >= 0.6 is 11.3 Å². The molecule has 6 heteroatoms. The fourth-order valence-electron chi connectivity index (χ4n) is 1.17. The maximum atomic E-state index is 11.9. The van der Waals surface area contributed by atoms with Crippen molar-refractivity contribution in [3.8, 4) is 0 Å². The second-order valence-corrected chi connectivity index (χ2v) is 7.82.